The van der Waals surface area contributed by atoms with Crippen LogP contribution >= 0.6 is 0 Å². The first-order valence-electron chi connectivity index (χ1n) is 7.69. The van der Waals surface area contributed by atoms with E-state index in [-0.39, 0.29) is 0 Å². The number of aliphatic hydroxyl groups is 1. The van der Waals surface area contributed by atoms with Crippen molar-refractivity contribution in [3.63, 3.8) is 0 Å². The fourth-order valence-electron chi connectivity index (χ4n) is 3.39. The second-order valence-corrected chi connectivity index (χ2v) is 6.36. The lowest BCUT2D eigenvalue weighted by atomic mass is 9.91. The van der Waals surface area contributed by atoms with Crippen molar-refractivity contribution in [2.75, 3.05) is 32.8 Å². The largest absolute Gasteiger partial charge is 0.388 e. The number of aromatic amines is 1. The maximum atomic E-state index is 10.6. The summed E-state index contributed by atoms with van der Waals surface area (Å²) in [5, 5.41) is 10.6. The van der Waals surface area contributed by atoms with Crippen LogP contribution in [-0.4, -0.2) is 58.4 Å². The molecule has 0 radical (unpaired) electrons. The number of likely N-dealkylation sites (tertiary alicyclic amines) is 1. The third-order valence-electron chi connectivity index (χ3n) is 4.56. The number of aromatic nitrogens is 2. The highest BCUT2D eigenvalue weighted by atomic mass is 16.5. The molecule has 0 aliphatic carbocycles. The Balaban J connectivity index is 1.60. The van der Waals surface area contributed by atoms with Gasteiger partial charge in [0, 0.05) is 57.0 Å². The van der Waals surface area contributed by atoms with E-state index in [2.05, 4.69) is 14.9 Å². The lowest BCUT2D eigenvalue weighted by Gasteiger charge is -2.40. The van der Waals surface area contributed by atoms with Crippen molar-refractivity contribution in [3.05, 3.63) is 17.7 Å². The minimum absolute atomic E-state index is 0.473. The van der Waals surface area contributed by atoms with E-state index in [9.17, 15) is 5.11 Å². The number of H-pyrrole nitrogens is 1. The van der Waals surface area contributed by atoms with E-state index in [1.54, 1.807) is 0 Å². The minimum atomic E-state index is -0.556. The normalized spacial score (nSPS) is 27.6. The van der Waals surface area contributed by atoms with Crippen LogP contribution in [-0.2, 0) is 4.74 Å². The predicted molar refractivity (Wildman–Crippen MR) is 76.7 cm³/mol. The van der Waals surface area contributed by atoms with E-state index in [1.807, 2.05) is 13.1 Å². The molecule has 1 aromatic rings. The highest BCUT2D eigenvalue weighted by molar-refractivity contribution is 5.06. The van der Waals surface area contributed by atoms with Crippen molar-refractivity contribution in [3.8, 4) is 0 Å². The number of ether oxygens (including phenoxy) is 1. The number of nitrogens with one attached hydrogen (secondary N) is 1. The Morgan fingerprint density at radius 2 is 2.30 bits per heavy atom. The highest BCUT2D eigenvalue weighted by Gasteiger charge is 2.34. The Morgan fingerprint density at radius 3 is 3.00 bits per heavy atom. The molecule has 2 aliphatic rings. The third-order valence-corrected chi connectivity index (χ3v) is 4.56. The molecule has 1 aromatic heterocycles. The van der Waals surface area contributed by atoms with Gasteiger partial charge in [0.25, 0.3) is 0 Å². The van der Waals surface area contributed by atoms with E-state index in [0.29, 0.717) is 19.1 Å². The SMILES string of the molecule is Cc1cnc([C@@H]2CCCN(CC3(O)CCOCC3)C2)[nH]1. The fourth-order valence-corrected chi connectivity index (χ4v) is 3.39. The number of nitrogens with zero attached hydrogens (tertiary/aromatic N) is 2. The van der Waals surface area contributed by atoms with Gasteiger partial charge in [-0.3, -0.25) is 4.90 Å². The van der Waals surface area contributed by atoms with Gasteiger partial charge < -0.3 is 14.8 Å². The van der Waals surface area contributed by atoms with E-state index in [4.69, 9.17) is 4.74 Å². The molecule has 0 unspecified atom stereocenters. The van der Waals surface area contributed by atoms with Crippen molar-refractivity contribution in [1.29, 1.82) is 0 Å². The molecule has 3 heterocycles. The van der Waals surface area contributed by atoms with E-state index >= 15 is 0 Å². The van der Waals surface area contributed by atoms with Gasteiger partial charge in [0.1, 0.15) is 5.82 Å². The summed E-state index contributed by atoms with van der Waals surface area (Å²) in [5.41, 5.74) is 0.569. The van der Waals surface area contributed by atoms with Crippen molar-refractivity contribution in [2.45, 2.75) is 44.1 Å². The molecule has 5 nitrogen and oxygen atoms in total. The summed E-state index contributed by atoms with van der Waals surface area (Å²) in [6, 6.07) is 0. The molecule has 0 aromatic carbocycles. The van der Waals surface area contributed by atoms with Gasteiger partial charge in [0.2, 0.25) is 0 Å². The molecule has 0 bridgehead atoms. The maximum absolute atomic E-state index is 10.6. The Hall–Kier alpha value is -0.910. The van der Waals surface area contributed by atoms with Crippen LogP contribution in [0.25, 0.3) is 0 Å². The van der Waals surface area contributed by atoms with Gasteiger partial charge in [0.15, 0.2) is 0 Å². The lowest BCUT2D eigenvalue weighted by molar-refractivity contribution is -0.0825. The van der Waals surface area contributed by atoms with Gasteiger partial charge >= 0.3 is 0 Å². The average Bonchev–Trinajstić information content (AvgIpc) is 2.86. The van der Waals surface area contributed by atoms with Crippen molar-refractivity contribution in [1.82, 2.24) is 14.9 Å². The van der Waals surface area contributed by atoms with Gasteiger partial charge in [-0.05, 0) is 26.3 Å². The van der Waals surface area contributed by atoms with Gasteiger partial charge in [-0.1, -0.05) is 0 Å². The zero-order valence-electron chi connectivity index (χ0n) is 12.3. The molecule has 2 N–H and O–H groups in total. The summed E-state index contributed by atoms with van der Waals surface area (Å²) in [4.78, 5) is 10.2. The lowest BCUT2D eigenvalue weighted by Crippen LogP contribution is -2.49. The Kier molecular flexibility index (Phi) is 4.10. The maximum Gasteiger partial charge on any atom is 0.110 e. The Morgan fingerprint density at radius 1 is 1.50 bits per heavy atom. The number of rotatable bonds is 3. The average molecular weight is 279 g/mol. The van der Waals surface area contributed by atoms with Crippen LogP contribution in [0.15, 0.2) is 6.20 Å². The van der Waals surface area contributed by atoms with Crippen molar-refractivity contribution >= 4 is 0 Å². The second-order valence-electron chi connectivity index (χ2n) is 6.36. The number of piperidine rings is 1. The number of β-amino-alcohol motifs (C(OH)–C–C–N with tert-alkyl or cyclic N) is 1. The Bertz CT molecular complexity index is 440. The highest BCUT2D eigenvalue weighted by Crippen LogP contribution is 2.28. The van der Waals surface area contributed by atoms with Gasteiger partial charge in [-0.25, -0.2) is 4.98 Å². The van der Waals surface area contributed by atoms with Crippen molar-refractivity contribution in [2.24, 2.45) is 0 Å². The Labute approximate surface area is 120 Å². The molecule has 112 valence electrons. The van der Waals surface area contributed by atoms with Crippen LogP contribution < -0.4 is 0 Å². The molecule has 1 atom stereocenters. The zero-order valence-corrected chi connectivity index (χ0v) is 12.3. The summed E-state index contributed by atoms with van der Waals surface area (Å²) >= 11 is 0. The summed E-state index contributed by atoms with van der Waals surface area (Å²) in [6.45, 7) is 6.26. The van der Waals surface area contributed by atoms with Gasteiger partial charge in [-0.15, -0.1) is 0 Å². The number of imidazole rings is 1. The summed E-state index contributed by atoms with van der Waals surface area (Å²) < 4.78 is 5.35. The minimum Gasteiger partial charge on any atom is -0.388 e. The van der Waals surface area contributed by atoms with Crippen molar-refractivity contribution < 1.29 is 9.84 Å². The van der Waals surface area contributed by atoms with Crippen LogP contribution in [0.2, 0.25) is 0 Å². The zero-order chi connectivity index (χ0) is 14.0. The molecule has 0 amide bonds. The number of hydrogen-bond acceptors (Lipinski definition) is 4. The van der Waals surface area contributed by atoms with Crippen LogP contribution in [0.3, 0.4) is 0 Å². The van der Waals surface area contributed by atoms with Crippen LogP contribution in [0.5, 0.6) is 0 Å². The molecule has 3 rings (SSSR count). The van der Waals surface area contributed by atoms with Gasteiger partial charge in [-0.2, -0.15) is 0 Å². The van der Waals surface area contributed by atoms with Crippen LogP contribution in [0.1, 0.15) is 43.1 Å². The molecular weight excluding hydrogens is 254 g/mol. The molecule has 2 saturated heterocycles. The standard InChI is InChI=1S/C15H25N3O2/c1-12-9-16-14(17-12)13-3-2-6-18(10-13)11-15(19)4-7-20-8-5-15/h9,13,19H,2-8,10-11H2,1H3,(H,16,17)/t13-/m1/s1. The first-order valence-corrected chi connectivity index (χ1v) is 7.69. The molecule has 2 fully saturated rings. The molecule has 20 heavy (non-hydrogen) atoms. The van der Waals surface area contributed by atoms with E-state index in [1.165, 1.54) is 12.8 Å². The smallest absolute Gasteiger partial charge is 0.110 e. The monoisotopic (exact) mass is 279 g/mol. The molecular formula is C15H25N3O2. The van der Waals surface area contributed by atoms with E-state index < -0.39 is 5.60 Å². The first-order chi connectivity index (χ1) is 9.65. The molecule has 0 saturated carbocycles. The third kappa shape index (κ3) is 3.22. The number of hydrogen-bond donors (Lipinski definition) is 2. The fraction of sp³-hybridized carbons (Fsp3) is 0.800. The van der Waals surface area contributed by atoms with Gasteiger partial charge in [0.05, 0.1) is 5.60 Å². The summed E-state index contributed by atoms with van der Waals surface area (Å²) in [7, 11) is 0. The van der Waals surface area contributed by atoms with E-state index in [0.717, 1.165) is 44.0 Å². The first kappa shape index (κ1) is 14.0. The number of aryl methyl sites for hydroxylation is 1. The molecule has 5 heteroatoms. The topological polar surface area (TPSA) is 61.4 Å². The van der Waals surface area contributed by atoms with Crippen LogP contribution in [0, 0.1) is 6.92 Å². The second kappa shape index (κ2) is 5.84. The predicted octanol–water partition coefficient (Wildman–Crippen LogP) is 1.44. The summed E-state index contributed by atoms with van der Waals surface area (Å²) in [6.07, 6.45) is 5.78. The van der Waals surface area contributed by atoms with Crippen LogP contribution in [0.4, 0.5) is 0 Å². The molecule has 2 aliphatic heterocycles. The quantitative estimate of drug-likeness (QED) is 0.879. The summed E-state index contributed by atoms with van der Waals surface area (Å²) in [5.74, 6) is 1.58. The molecule has 0 spiro atoms.